The van der Waals surface area contributed by atoms with Crippen molar-refractivity contribution in [1.82, 2.24) is 10.2 Å². The SMILES string of the molecule is CC(CN1CCCC1)NCc1ccc2c(c1)OCCO2. The minimum Gasteiger partial charge on any atom is -0.486 e. The second-order valence-electron chi connectivity index (χ2n) is 5.77. The summed E-state index contributed by atoms with van der Waals surface area (Å²) in [6, 6.07) is 6.73. The van der Waals surface area contributed by atoms with Crippen LogP contribution in [0.4, 0.5) is 0 Å². The maximum Gasteiger partial charge on any atom is 0.161 e. The largest absolute Gasteiger partial charge is 0.486 e. The Labute approximate surface area is 121 Å². The van der Waals surface area contributed by atoms with Gasteiger partial charge in [0.25, 0.3) is 0 Å². The lowest BCUT2D eigenvalue weighted by Gasteiger charge is -2.22. The molecule has 1 saturated heterocycles. The number of ether oxygens (including phenoxy) is 2. The summed E-state index contributed by atoms with van der Waals surface area (Å²) >= 11 is 0. The topological polar surface area (TPSA) is 33.7 Å². The van der Waals surface area contributed by atoms with Gasteiger partial charge in [-0.05, 0) is 50.6 Å². The molecule has 0 radical (unpaired) electrons. The van der Waals surface area contributed by atoms with E-state index in [1.165, 1.54) is 31.5 Å². The number of nitrogens with one attached hydrogen (secondary N) is 1. The average Bonchev–Trinajstić information content (AvgIpc) is 2.98. The van der Waals surface area contributed by atoms with E-state index in [0.29, 0.717) is 19.3 Å². The van der Waals surface area contributed by atoms with Crippen molar-refractivity contribution >= 4 is 0 Å². The molecule has 0 aromatic heterocycles. The summed E-state index contributed by atoms with van der Waals surface area (Å²) < 4.78 is 11.2. The smallest absolute Gasteiger partial charge is 0.161 e. The fourth-order valence-electron chi connectivity index (χ4n) is 2.91. The Morgan fingerprint density at radius 2 is 1.90 bits per heavy atom. The summed E-state index contributed by atoms with van der Waals surface area (Å²) in [5, 5.41) is 3.59. The molecule has 110 valence electrons. The van der Waals surface area contributed by atoms with Crippen molar-refractivity contribution in [3.05, 3.63) is 23.8 Å². The highest BCUT2D eigenvalue weighted by Gasteiger charge is 2.15. The van der Waals surface area contributed by atoms with Crippen LogP contribution in [0.3, 0.4) is 0 Å². The third-order valence-electron chi connectivity index (χ3n) is 3.99. The summed E-state index contributed by atoms with van der Waals surface area (Å²) in [5.41, 5.74) is 1.25. The minimum atomic E-state index is 0.515. The van der Waals surface area contributed by atoms with Gasteiger partial charge < -0.3 is 19.7 Å². The van der Waals surface area contributed by atoms with E-state index in [-0.39, 0.29) is 0 Å². The zero-order chi connectivity index (χ0) is 13.8. The van der Waals surface area contributed by atoms with Crippen molar-refractivity contribution in [3.63, 3.8) is 0 Å². The Kier molecular flexibility index (Phi) is 4.43. The molecule has 0 amide bonds. The van der Waals surface area contributed by atoms with Crippen molar-refractivity contribution < 1.29 is 9.47 Å². The van der Waals surface area contributed by atoms with Gasteiger partial charge in [-0.2, -0.15) is 0 Å². The van der Waals surface area contributed by atoms with Crippen molar-refractivity contribution in [3.8, 4) is 11.5 Å². The van der Waals surface area contributed by atoms with E-state index in [1.807, 2.05) is 6.07 Å². The molecule has 2 aliphatic heterocycles. The second-order valence-corrected chi connectivity index (χ2v) is 5.77. The molecule has 0 bridgehead atoms. The number of hydrogen-bond acceptors (Lipinski definition) is 4. The Morgan fingerprint density at radius 3 is 2.70 bits per heavy atom. The van der Waals surface area contributed by atoms with E-state index < -0.39 is 0 Å². The van der Waals surface area contributed by atoms with Crippen molar-refractivity contribution in [2.24, 2.45) is 0 Å². The number of fused-ring (bicyclic) bond motifs is 1. The van der Waals surface area contributed by atoms with E-state index in [1.54, 1.807) is 0 Å². The highest BCUT2D eigenvalue weighted by molar-refractivity contribution is 5.43. The van der Waals surface area contributed by atoms with Gasteiger partial charge in [-0.15, -0.1) is 0 Å². The molecule has 20 heavy (non-hydrogen) atoms. The van der Waals surface area contributed by atoms with Crippen LogP contribution in [-0.2, 0) is 6.54 Å². The van der Waals surface area contributed by atoms with Gasteiger partial charge >= 0.3 is 0 Å². The zero-order valence-corrected chi connectivity index (χ0v) is 12.2. The molecular weight excluding hydrogens is 252 g/mol. The number of hydrogen-bond donors (Lipinski definition) is 1. The second kappa shape index (κ2) is 6.46. The Bertz CT molecular complexity index is 444. The first-order valence-corrected chi connectivity index (χ1v) is 7.65. The summed E-state index contributed by atoms with van der Waals surface area (Å²) in [5.74, 6) is 1.74. The molecule has 2 heterocycles. The van der Waals surface area contributed by atoms with Crippen molar-refractivity contribution in [2.75, 3.05) is 32.8 Å². The predicted octanol–water partition coefficient (Wildman–Crippen LogP) is 2.03. The van der Waals surface area contributed by atoms with Gasteiger partial charge in [-0.25, -0.2) is 0 Å². The van der Waals surface area contributed by atoms with Crippen molar-refractivity contribution in [1.29, 1.82) is 0 Å². The quantitative estimate of drug-likeness (QED) is 0.892. The van der Waals surface area contributed by atoms with Crippen LogP contribution in [0.2, 0.25) is 0 Å². The molecule has 1 aromatic rings. The van der Waals surface area contributed by atoms with E-state index in [4.69, 9.17) is 9.47 Å². The highest BCUT2D eigenvalue weighted by Crippen LogP contribution is 2.30. The molecule has 1 N–H and O–H groups in total. The Hall–Kier alpha value is -1.26. The van der Waals surface area contributed by atoms with Crippen LogP contribution in [0.1, 0.15) is 25.3 Å². The third kappa shape index (κ3) is 3.44. The normalized spacial score (nSPS) is 20.1. The van der Waals surface area contributed by atoms with E-state index in [0.717, 1.165) is 24.6 Å². The molecule has 2 aliphatic rings. The minimum absolute atomic E-state index is 0.515. The van der Waals surface area contributed by atoms with Crippen LogP contribution >= 0.6 is 0 Å². The Morgan fingerprint density at radius 1 is 1.15 bits per heavy atom. The third-order valence-corrected chi connectivity index (χ3v) is 3.99. The van der Waals surface area contributed by atoms with Gasteiger partial charge in [0, 0.05) is 19.1 Å². The summed E-state index contributed by atoms with van der Waals surface area (Å²) in [4.78, 5) is 2.54. The van der Waals surface area contributed by atoms with Crippen molar-refractivity contribution in [2.45, 2.75) is 32.4 Å². The van der Waals surface area contributed by atoms with Crippen LogP contribution in [0, 0.1) is 0 Å². The molecule has 0 saturated carbocycles. The molecule has 4 heteroatoms. The molecular formula is C16H24N2O2. The van der Waals surface area contributed by atoms with E-state index in [9.17, 15) is 0 Å². The van der Waals surface area contributed by atoms with Crippen LogP contribution in [0.5, 0.6) is 11.5 Å². The molecule has 3 rings (SSSR count). The fourth-order valence-corrected chi connectivity index (χ4v) is 2.91. The molecule has 0 aliphatic carbocycles. The maximum absolute atomic E-state index is 5.62. The molecule has 1 unspecified atom stereocenters. The number of benzene rings is 1. The molecule has 0 spiro atoms. The predicted molar refractivity (Wildman–Crippen MR) is 79.4 cm³/mol. The van der Waals surface area contributed by atoms with Crippen LogP contribution in [0.25, 0.3) is 0 Å². The summed E-state index contributed by atoms with van der Waals surface area (Å²) in [6.45, 7) is 8.10. The van der Waals surface area contributed by atoms with Crippen LogP contribution in [0.15, 0.2) is 18.2 Å². The zero-order valence-electron chi connectivity index (χ0n) is 12.2. The van der Waals surface area contributed by atoms with E-state index in [2.05, 4.69) is 29.3 Å². The van der Waals surface area contributed by atoms with Gasteiger partial charge in [0.1, 0.15) is 13.2 Å². The molecule has 1 atom stereocenters. The van der Waals surface area contributed by atoms with Gasteiger partial charge in [0.15, 0.2) is 11.5 Å². The first-order valence-electron chi connectivity index (χ1n) is 7.65. The van der Waals surface area contributed by atoms with Crippen LogP contribution in [-0.4, -0.2) is 43.8 Å². The van der Waals surface area contributed by atoms with Gasteiger partial charge in [-0.1, -0.05) is 6.07 Å². The monoisotopic (exact) mass is 276 g/mol. The summed E-state index contributed by atoms with van der Waals surface area (Å²) in [6.07, 6.45) is 2.71. The van der Waals surface area contributed by atoms with Gasteiger partial charge in [0.2, 0.25) is 0 Å². The first kappa shape index (κ1) is 13.7. The van der Waals surface area contributed by atoms with Crippen LogP contribution < -0.4 is 14.8 Å². The number of likely N-dealkylation sites (tertiary alicyclic amines) is 1. The first-order chi connectivity index (χ1) is 9.81. The lowest BCUT2D eigenvalue weighted by Crippen LogP contribution is -2.37. The summed E-state index contributed by atoms with van der Waals surface area (Å²) in [7, 11) is 0. The van der Waals surface area contributed by atoms with Gasteiger partial charge in [-0.3, -0.25) is 0 Å². The fraction of sp³-hybridized carbons (Fsp3) is 0.625. The standard InChI is InChI=1S/C16H24N2O2/c1-13(12-18-6-2-3-7-18)17-11-14-4-5-15-16(10-14)20-9-8-19-15/h4-5,10,13,17H,2-3,6-9,11-12H2,1H3. The molecule has 1 fully saturated rings. The number of rotatable bonds is 5. The maximum atomic E-state index is 5.62. The average molecular weight is 276 g/mol. The highest BCUT2D eigenvalue weighted by atomic mass is 16.6. The lowest BCUT2D eigenvalue weighted by molar-refractivity contribution is 0.171. The Balaban J connectivity index is 1.50. The molecule has 1 aromatic carbocycles. The lowest BCUT2D eigenvalue weighted by atomic mass is 10.2. The number of nitrogens with zero attached hydrogens (tertiary/aromatic N) is 1. The molecule has 4 nitrogen and oxygen atoms in total. The van der Waals surface area contributed by atoms with Gasteiger partial charge in [0.05, 0.1) is 0 Å². The van der Waals surface area contributed by atoms with E-state index >= 15 is 0 Å².